The molecule has 0 saturated carbocycles. The maximum atomic E-state index is 5.99. The standard InChI is InChI=1S/C15H19NO/c1-3-5-9-13(16-4-2)15-11-12-8-6-7-10-14(12)17-15/h6-8,10,13,15-16H,4,9,11H2,1-2H3. The van der Waals surface area contributed by atoms with Gasteiger partial charge < -0.3 is 10.1 Å². The highest BCUT2D eigenvalue weighted by Crippen LogP contribution is 2.29. The molecule has 1 N–H and O–H groups in total. The van der Waals surface area contributed by atoms with E-state index in [4.69, 9.17) is 4.74 Å². The van der Waals surface area contributed by atoms with E-state index < -0.39 is 0 Å². The molecule has 1 aliphatic heterocycles. The van der Waals surface area contributed by atoms with Crippen LogP contribution in [0.4, 0.5) is 0 Å². The minimum Gasteiger partial charge on any atom is -0.488 e. The molecular formula is C15H19NO. The van der Waals surface area contributed by atoms with Crippen molar-refractivity contribution in [3.05, 3.63) is 29.8 Å². The summed E-state index contributed by atoms with van der Waals surface area (Å²) >= 11 is 0. The van der Waals surface area contributed by atoms with Crippen LogP contribution < -0.4 is 10.1 Å². The normalized spacial score (nSPS) is 18.8. The fraction of sp³-hybridized carbons (Fsp3) is 0.467. The molecule has 0 fully saturated rings. The second-order valence-corrected chi connectivity index (χ2v) is 4.26. The molecule has 2 unspecified atom stereocenters. The van der Waals surface area contributed by atoms with E-state index in [2.05, 4.69) is 36.2 Å². The van der Waals surface area contributed by atoms with Gasteiger partial charge in [-0.2, -0.15) is 0 Å². The quantitative estimate of drug-likeness (QED) is 0.800. The Hall–Kier alpha value is -1.46. The van der Waals surface area contributed by atoms with Gasteiger partial charge in [-0.05, 0) is 25.1 Å². The third kappa shape index (κ3) is 2.81. The van der Waals surface area contributed by atoms with E-state index in [0.29, 0.717) is 6.04 Å². The van der Waals surface area contributed by atoms with Crippen LogP contribution in [0.3, 0.4) is 0 Å². The lowest BCUT2D eigenvalue weighted by molar-refractivity contribution is 0.180. The Bertz CT molecular complexity index is 405. The van der Waals surface area contributed by atoms with Crippen molar-refractivity contribution in [1.29, 1.82) is 0 Å². The largest absolute Gasteiger partial charge is 0.488 e. The molecule has 2 heteroatoms. The number of nitrogens with one attached hydrogen (secondary N) is 1. The van der Waals surface area contributed by atoms with E-state index in [1.54, 1.807) is 0 Å². The van der Waals surface area contributed by atoms with Gasteiger partial charge >= 0.3 is 0 Å². The molecular weight excluding hydrogens is 210 g/mol. The van der Waals surface area contributed by atoms with E-state index in [0.717, 1.165) is 25.1 Å². The molecule has 1 heterocycles. The predicted octanol–water partition coefficient (Wildman–Crippen LogP) is 2.38. The van der Waals surface area contributed by atoms with E-state index in [1.165, 1.54) is 5.56 Å². The fourth-order valence-electron chi connectivity index (χ4n) is 2.24. The van der Waals surface area contributed by atoms with Gasteiger partial charge in [-0.3, -0.25) is 0 Å². The molecule has 0 bridgehead atoms. The average molecular weight is 229 g/mol. The lowest BCUT2D eigenvalue weighted by Crippen LogP contribution is -2.42. The first kappa shape index (κ1) is 12.0. The van der Waals surface area contributed by atoms with Gasteiger partial charge in [0.25, 0.3) is 0 Å². The molecule has 90 valence electrons. The van der Waals surface area contributed by atoms with Gasteiger partial charge in [-0.1, -0.05) is 25.1 Å². The van der Waals surface area contributed by atoms with E-state index in [1.807, 2.05) is 19.1 Å². The average Bonchev–Trinajstić information content (AvgIpc) is 2.78. The van der Waals surface area contributed by atoms with E-state index in [-0.39, 0.29) is 6.10 Å². The van der Waals surface area contributed by atoms with Gasteiger partial charge in [0.05, 0.1) is 6.04 Å². The lowest BCUT2D eigenvalue weighted by Gasteiger charge is -2.22. The summed E-state index contributed by atoms with van der Waals surface area (Å²) in [6, 6.07) is 8.60. The number of benzene rings is 1. The maximum absolute atomic E-state index is 5.99. The van der Waals surface area contributed by atoms with Gasteiger partial charge in [0.1, 0.15) is 11.9 Å². The number of likely N-dealkylation sites (N-methyl/N-ethyl adjacent to an activating group) is 1. The summed E-state index contributed by atoms with van der Waals surface area (Å²) in [5, 5.41) is 3.47. The summed E-state index contributed by atoms with van der Waals surface area (Å²) in [5.74, 6) is 7.13. The summed E-state index contributed by atoms with van der Waals surface area (Å²) in [4.78, 5) is 0. The minimum absolute atomic E-state index is 0.216. The Balaban J connectivity index is 2.05. The molecule has 0 spiro atoms. The molecule has 2 nitrogen and oxygen atoms in total. The lowest BCUT2D eigenvalue weighted by atomic mass is 10.0. The van der Waals surface area contributed by atoms with Crippen LogP contribution in [0.1, 0.15) is 25.8 Å². The Morgan fingerprint density at radius 3 is 3.00 bits per heavy atom. The number of hydrogen-bond donors (Lipinski definition) is 1. The molecule has 0 radical (unpaired) electrons. The molecule has 0 aromatic heterocycles. The van der Waals surface area contributed by atoms with Crippen molar-refractivity contribution in [2.45, 2.75) is 38.8 Å². The second kappa shape index (κ2) is 5.75. The molecule has 0 saturated heterocycles. The van der Waals surface area contributed by atoms with Crippen molar-refractivity contribution in [1.82, 2.24) is 5.32 Å². The topological polar surface area (TPSA) is 21.3 Å². The molecule has 0 aliphatic carbocycles. The van der Waals surface area contributed by atoms with Gasteiger partial charge in [0, 0.05) is 12.8 Å². The highest BCUT2D eigenvalue weighted by atomic mass is 16.5. The molecule has 2 rings (SSSR count). The van der Waals surface area contributed by atoms with Gasteiger partial charge in [-0.25, -0.2) is 0 Å². The van der Waals surface area contributed by atoms with E-state index in [9.17, 15) is 0 Å². The fourth-order valence-corrected chi connectivity index (χ4v) is 2.24. The van der Waals surface area contributed by atoms with Crippen LogP contribution in [-0.2, 0) is 6.42 Å². The SMILES string of the molecule is CC#CCC(NCC)C1Cc2ccccc2O1. The second-order valence-electron chi connectivity index (χ2n) is 4.26. The predicted molar refractivity (Wildman–Crippen MR) is 70.1 cm³/mol. The molecule has 17 heavy (non-hydrogen) atoms. The number of rotatable bonds is 4. The van der Waals surface area contributed by atoms with Crippen molar-refractivity contribution >= 4 is 0 Å². The first-order chi connectivity index (χ1) is 8.35. The van der Waals surface area contributed by atoms with Gasteiger partial charge in [-0.15, -0.1) is 11.8 Å². The van der Waals surface area contributed by atoms with Crippen molar-refractivity contribution in [3.8, 4) is 17.6 Å². The smallest absolute Gasteiger partial charge is 0.123 e. The number of para-hydroxylation sites is 1. The molecule has 1 aromatic rings. The number of fused-ring (bicyclic) bond motifs is 1. The van der Waals surface area contributed by atoms with Crippen molar-refractivity contribution < 1.29 is 4.74 Å². The van der Waals surface area contributed by atoms with Crippen LogP contribution in [0.2, 0.25) is 0 Å². The minimum atomic E-state index is 0.216. The summed E-state index contributed by atoms with van der Waals surface area (Å²) in [6.45, 7) is 4.95. The highest BCUT2D eigenvalue weighted by molar-refractivity contribution is 5.37. The third-order valence-electron chi connectivity index (χ3n) is 3.09. The molecule has 1 aliphatic rings. The van der Waals surface area contributed by atoms with Crippen LogP contribution >= 0.6 is 0 Å². The van der Waals surface area contributed by atoms with Gasteiger partial charge in [0.2, 0.25) is 0 Å². The summed E-state index contributed by atoms with van der Waals surface area (Å²) in [5.41, 5.74) is 1.31. The highest BCUT2D eigenvalue weighted by Gasteiger charge is 2.28. The zero-order chi connectivity index (χ0) is 12.1. The van der Waals surface area contributed by atoms with Crippen molar-refractivity contribution in [3.63, 3.8) is 0 Å². The Morgan fingerprint density at radius 1 is 1.47 bits per heavy atom. The maximum Gasteiger partial charge on any atom is 0.123 e. The van der Waals surface area contributed by atoms with E-state index >= 15 is 0 Å². The van der Waals surface area contributed by atoms with Crippen LogP contribution in [0.15, 0.2) is 24.3 Å². The summed E-state index contributed by atoms with van der Waals surface area (Å²) in [7, 11) is 0. The number of ether oxygens (including phenoxy) is 1. The Kier molecular flexibility index (Phi) is 4.06. The van der Waals surface area contributed by atoms with Crippen LogP contribution in [-0.4, -0.2) is 18.7 Å². The van der Waals surface area contributed by atoms with Crippen molar-refractivity contribution in [2.75, 3.05) is 6.54 Å². The van der Waals surface area contributed by atoms with Crippen LogP contribution in [0, 0.1) is 11.8 Å². The Labute approximate surface area is 103 Å². The van der Waals surface area contributed by atoms with Crippen LogP contribution in [0.5, 0.6) is 5.75 Å². The van der Waals surface area contributed by atoms with Crippen molar-refractivity contribution in [2.24, 2.45) is 0 Å². The first-order valence-corrected chi connectivity index (χ1v) is 6.22. The third-order valence-corrected chi connectivity index (χ3v) is 3.09. The molecule has 2 atom stereocenters. The first-order valence-electron chi connectivity index (χ1n) is 6.22. The van der Waals surface area contributed by atoms with Crippen LogP contribution in [0.25, 0.3) is 0 Å². The Morgan fingerprint density at radius 2 is 2.29 bits per heavy atom. The monoisotopic (exact) mass is 229 g/mol. The van der Waals surface area contributed by atoms with Gasteiger partial charge in [0.15, 0.2) is 0 Å². The summed E-state index contributed by atoms with van der Waals surface area (Å²) < 4.78 is 5.99. The summed E-state index contributed by atoms with van der Waals surface area (Å²) in [6.07, 6.45) is 2.05. The number of hydrogen-bond acceptors (Lipinski definition) is 2. The zero-order valence-electron chi connectivity index (χ0n) is 10.5. The molecule has 1 aromatic carbocycles. The zero-order valence-corrected chi connectivity index (χ0v) is 10.5. The molecule has 0 amide bonds.